The second kappa shape index (κ2) is 7.58. The first-order valence-electron chi connectivity index (χ1n) is 8.08. The number of nitrogens with one attached hydrogen (secondary N) is 1. The molecule has 0 saturated heterocycles. The summed E-state index contributed by atoms with van der Waals surface area (Å²) in [5.74, 6) is 1.21. The molecule has 0 spiro atoms. The van der Waals surface area contributed by atoms with Crippen molar-refractivity contribution in [1.29, 1.82) is 0 Å². The molecule has 1 heterocycles. The van der Waals surface area contributed by atoms with Gasteiger partial charge in [0.15, 0.2) is 5.13 Å². The lowest BCUT2D eigenvalue weighted by Crippen LogP contribution is -2.12. The van der Waals surface area contributed by atoms with E-state index in [1.807, 2.05) is 43.5 Å². The Bertz CT molecular complexity index is 950. The summed E-state index contributed by atoms with van der Waals surface area (Å²) in [7, 11) is 3.22. The highest BCUT2D eigenvalue weighted by atomic mass is 32.1. The molecule has 0 fully saturated rings. The van der Waals surface area contributed by atoms with Crippen LogP contribution in [0.4, 0.5) is 5.13 Å². The molecular weight excluding hydrogens is 348 g/mol. The molecule has 2 aromatic carbocycles. The number of nitrogens with zero attached hydrogens (tertiary/aromatic N) is 1. The number of carbonyl (C=O) groups excluding carboxylic acids is 1. The second-order valence-corrected chi connectivity index (χ2v) is 6.74. The number of hydrogen-bond acceptors (Lipinski definition) is 5. The fourth-order valence-electron chi connectivity index (χ4n) is 2.61. The first-order chi connectivity index (χ1) is 12.5. The zero-order valence-electron chi connectivity index (χ0n) is 15.1. The average Bonchev–Trinajstić information content (AvgIpc) is 3.10. The molecule has 0 atom stereocenters. The molecule has 0 unspecified atom stereocenters. The summed E-state index contributed by atoms with van der Waals surface area (Å²) in [6.45, 7) is 3.95. The normalized spacial score (nSPS) is 10.5. The lowest BCUT2D eigenvalue weighted by Gasteiger charge is -2.08. The highest BCUT2D eigenvalue weighted by molar-refractivity contribution is 7.14. The number of anilines is 1. The molecule has 3 rings (SSSR count). The monoisotopic (exact) mass is 368 g/mol. The van der Waals surface area contributed by atoms with Crippen LogP contribution in [0.15, 0.2) is 41.8 Å². The quantitative estimate of drug-likeness (QED) is 0.709. The Labute approximate surface area is 156 Å². The van der Waals surface area contributed by atoms with Crippen LogP contribution in [-0.4, -0.2) is 25.1 Å². The summed E-state index contributed by atoms with van der Waals surface area (Å²) in [5, 5.41) is 5.28. The van der Waals surface area contributed by atoms with Crippen molar-refractivity contribution in [2.45, 2.75) is 13.8 Å². The third kappa shape index (κ3) is 3.70. The maximum atomic E-state index is 12.5. The predicted molar refractivity (Wildman–Crippen MR) is 105 cm³/mol. The fraction of sp³-hybridized carbons (Fsp3) is 0.200. The third-order valence-corrected chi connectivity index (χ3v) is 4.78. The van der Waals surface area contributed by atoms with Crippen LogP contribution in [0.25, 0.3) is 11.3 Å². The molecule has 0 aliphatic rings. The Balaban J connectivity index is 1.83. The summed E-state index contributed by atoms with van der Waals surface area (Å²) in [4.78, 5) is 17.0. The van der Waals surface area contributed by atoms with Crippen LogP contribution >= 0.6 is 11.3 Å². The summed E-state index contributed by atoms with van der Waals surface area (Å²) in [6, 6.07) is 11.3. The summed E-state index contributed by atoms with van der Waals surface area (Å²) >= 11 is 1.38. The van der Waals surface area contributed by atoms with E-state index in [-0.39, 0.29) is 5.91 Å². The van der Waals surface area contributed by atoms with Crippen LogP contribution in [0.3, 0.4) is 0 Å². The van der Waals surface area contributed by atoms with Crippen LogP contribution in [0.5, 0.6) is 11.5 Å². The first-order valence-corrected chi connectivity index (χ1v) is 8.96. The molecule has 1 amide bonds. The van der Waals surface area contributed by atoms with Crippen molar-refractivity contribution >= 4 is 22.4 Å². The number of amides is 1. The van der Waals surface area contributed by atoms with Gasteiger partial charge in [-0.3, -0.25) is 10.1 Å². The number of hydrogen-bond donors (Lipinski definition) is 1. The van der Waals surface area contributed by atoms with E-state index in [1.165, 1.54) is 11.3 Å². The molecule has 3 aromatic rings. The summed E-state index contributed by atoms with van der Waals surface area (Å²) < 4.78 is 10.7. The number of rotatable bonds is 5. The number of benzene rings is 2. The van der Waals surface area contributed by atoms with Crippen molar-refractivity contribution in [1.82, 2.24) is 4.98 Å². The molecule has 0 bridgehead atoms. The van der Waals surface area contributed by atoms with Crippen molar-refractivity contribution < 1.29 is 14.3 Å². The third-order valence-electron chi connectivity index (χ3n) is 4.03. The van der Waals surface area contributed by atoms with E-state index in [4.69, 9.17) is 9.47 Å². The van der Waals surface area contributed by atoms with Crippen molar-refractivity contribution in [2.75, 3.05) is 19.5 Å². The molecule has 1 N–H and O–H groups in total. The maximum Gasteiger partial charge on any atom is 0.257 e. The predicted octanol–water partition coefficient (Wildman–Crippen LogP) is 4.70. The number of thiazole rings is 1. The molecule has 6 heteroatoms. The van der Waals surface area contributed by atoms with Gasteiger partial charge in [-0.2, -0.15) is 0 Å². The van der Waals surface area contributed by atoms with Crippen LogP contribution in [0.1, 0.15) is 21.5 Å². The van der Waals surface area contributed by atoms with E-state index < -0.39 is 0 Å². The number of ether oxygens (including phenoxy) is 2. The van der Waals surface area contributed by atoms with Crippen molar-refractivity contribution in [3.63, 3.8) is 0 Å². The zero-order chi connectivity index (χ0) is 18.7. The molecular formula is C20H20N2O3S. The van der Waals surface area contributed by atoms with Gasteiger partial charge in [-0.05, 0) is 43.7 Å². The number of methoxy groups -OCH3 is 2. The Hall–Kier alpha value is -2.86. The Morgan fingerprint density at radius 1 is 1.04 bits per heavy atom. The number of aryl methyl sites for hydroxylation is 2. The van der Waals surface area contributed by atoms with Crippen molar-refractivity contribution in [3.05, 3.63) is 58.5 Å². The zero-order valence-corrected chi connectivity index (χ0v) is 15.9. The fourth-order valence-corrected chi connectivity index (χ4v) is 3.31. The number of aromatic nitrogens is 1. The lowest BCUT2D eigenvalue weighted by molar-refractivity contribution is 0.102. The van der Waals surface area contributed by atoms with Gasteiger partial charge in [-0.25, -0.2) is 4.98 Å². The standard InChI is InChI=1S/C20H20N2O3S/c1-12-5-8-17(24-3)15(9-12)16-11-26-20(21-16)22-19(23)14-7-6-13(2)18(10-14)25-4/h5-11H,1-4H3,(H,21,22,23). The van der Waals surface area contributed by atoms with Gasteiger partial charge in [0.1, 0.15) is 11.5 Å². The Morgan fingerprint density at radius 3 is 2.54 bits per heavy atom. The molecule has 1 aromatic heterocycles. The van der Waals surface area contributed by atoms with Crippen LogP contribution in [-0.2, 0) is 0 Å². The number of carbonyl (C=O) groups is 1. The van der Waals surface area contributed by atoms with Gasteiger partial charge in [0.05, 0.1) is 19.9 Å². The molecule has 0 radical (unpaired) electrons. The molecule has 134 valence electrons. The highest BCUT2D eigenvalue weighted by Crippen LogP contribution is 2.33. The van der Waals surface area contributed by atoms with Crippen molar-refractivity contribution in [3.8, 4) is 22.8 Å². The van der Waals surface area contributed by atoms with Crippen LogP contribution in [0.2, 0.25) is 0 Å². The minimum Gasteiger partial charge on any atom is -0.496 e. The highest BCUT2D eigenvalue weighted by Gasteiger charge is 2.14. The Kier molecular flexibility index (Phi) is 5.23. The van der Waals surface area contributed by atoms with Gasteiger partial charge < -0.3 is 9.47 Å². The average molecular weight is 368 g/mol. The minimum absolute atomic E-state index is 0.222. The van der Waals surface area contributed by atoms with Gasteiger partial charge in [0.25, 0.3) is 5.91 Å². The van der Waals surface area contributed by atoms with E-state index in [0.717, 1.165) is 28.1 Å². The molecule has 0 aliphatic heterocycles. The van der Waals surface area contributed by atoms with Gasteiger partial charge in [0, 0.05) is 16.5 Å². The topological polar surface area (TPSA) is 60.5 Å². The molecule has 0 aliphatic carbocycles. The Morgan fingerprint density at radius 2 is 1.81 bits per heavy atom. The second-order valence-electron chi connectivity index (χ2n) is 5.88. The van der Waals surface area contributed by atoms with E-state index in [1.54, 1.807) is 26.4 Å². The molecule has 26 heavy (non-hydrogen) atoms. The van der Waals surface area contributed by atoms with Gasteiger partial charge >= 0.3 is 0 Å². The SMILES string of the molecule is COc1cc(C(=O)Nc2nc(-c3cc(C)ccc3OC)cs2)ccc1C. The van der Waals surface area contributed by atoms with E-state index in [0.29, 0.717) is 16.4 Å². The van der Waals surface area contributed by atoms with Gasteiger partial charge in [-0.15, -0.1) is 11.3 Å². The van der Waals surface area contributed by atoms with Gasteiger partial charge in [-0.1, -0.05) is 17.7 Å². The smallest absolute Gasteiger partial charge is 0.257 e. The first kappa shape index (κ1) is 17.9. The maximum absolute atomic E-state index is 12.5. The van der Waals surface area contributed by atoms with E-state index in [2.05, 4.69) is 10.3 Å². The summed E-state index contributed by atoms with van der Waals surface area (Å²) in [5.41, 5.74) is 4.30. The van der Waals surface area contributed by atoms with Gasteiger partial charge in [0.2, 0.25) is 0 Å². The van der Waals surface area contributed by atoms with Crippen molar-refractivity contribution in [2.24, 2.45) is 0 Å². The van der Waals surface area contributed by atoms with Crippen LogP contribution < -0.4 is 14.8 Å². The minimum atomic E-state index is -0.222. The van der Waals surface area contributed by atoms with E-state index >= 15 is 0 Å². The van der Waals surface area contributed by atoms with E-state index in [9.17, 15) is 4.79 Å². The molecule has 0 saturated carbocycles. The lowest BCUT2D eigenvalue weighted by atomic mass is 10.1. The van der Waals surface area contributed by atoms with Crippen LogP contribution in [0, 0.1) is 13.8 Å². The largest absolute Gasteiger partial charge is 0.496 e. The summed E-state index contributed by atoms with van der Waals surface area (Å²) in [6.07, 6.45) is 0. The molecule has 5 nitrogen and oxygen atoms in total.